The molecule has 0 aromatic carbocycles. The van der Waals surface area contributed by atoms with Gasteiger partial charge in [-0.1, -0.05) is 6.58 Å². The van der Waals surface area contributed by atoms with Gasteiger partial charge in [0.1, 0.15) is 11.2 Å². The SMILES string of the molecule is C=Cc1nc(-c2ccn[nH]2)n2nc(N3CCOCC3C)cc(-c3ccnn3C)c12. The molecule has 0 aliphatic carbocycles. The van der Waals surface area contributed by atoms with Crippen LogP contribution in [-0.2, 0) is 11.8 Å². The molecule has 0 bridgehead atoms. The molecule has 0 radical (unpaired) electrons. The zero-order valence-corrected chi connectivity index (χ0v) is 16.4. The lowest BCUT2D eigenvalue weighted by Crippen LogP contribution is -2.44. The lowest BCUT2D eigenvalue weighted by Gasteiger charge is -2.34. The molecular weight excluding hydrogens is 368 g/mol. The molecule has 4 aromatic rings. The Hall–Kier alpha value is -3.46. The van der Waals surface area contributed by atoms with Crippen LogP contribution in [0.15, 0.2) is 37.2 Å². The highest BCUT2D eigenvalue weighted by molar-refractivity contribution is 5.87. The van der Waals surface area contributed by atoms with E-state index in [1.165, 1.54) is 0 Å². The summed E-state index contributed by atoms with van der Waals surface area (Å²) in [7, 11) is 1.93. The second-order valence-electron chi connectivity index (χ2n) is 7.13. The Labute approximate surface area is 167 Å². The van der Waals surface area contributed by atoms with Crippen LogP contribution < -0.4 is 4.90 Å². The molecule has 0 amide bonds. The van der Waals surface area contributed by atoms with Gasteiger partial charge in [0.2, 0.25) is 0 Å². The van der Waals surface area contributed by atoms with E-state index in [1.807, 2.05) is 28.4 Å². The number of fused-ring (bicyclic) bond motifs is 1. The van der Waals surface area contributed by atoms with Crippen molar-refractivity contribution < 1.29 is 4.74 Å². The summed E-state index contributed by atoms with van der Waals surface area (Å²) in [4.78, 5) is 7.06. The third kappa shape index (κ3) is 2.82. The fraction of sp³-hybridized carbons (Fsp3) is 0.300. The molecule has 1 N–H and O–H groups in total. The number of anilines is 1. The normalized spacial score (nSPS) is 17.2. The fourth-order valence-corrected chi connectivity index (χ4v) is 3.85. The highest BCUT2D eigenvalue weighted by Crippen LogP contribution is 2.33. The standard InChI is InChI=1S/C20H22N8O/c1-4-15-19-14(17-6-8-22-26(17)3)11-18(27-9-10-29-12-13(27)2)25-28(19)20(23-15)16-5-7-21-24-16/h4-8,11,13H,1,9-10,12H2,2-3H3,(H,21,24). The number of aromatic amines is 1. The number of H-pyrrole nitrogens is 1. The highest BCUT2D eigenvalue weighted by atomic mass is 16.5. The van der Waals surface area contributed by atoms with Gasteiger partial charge in [-0.05, 0) is 31.2 Å². The van der Waals surface area contributed by atoms with Crippen LogP contribution in [0.3, 0.4) is 0 Å². The molecule has 29 heavy (non-hydrogen) atoms. The number of rotatable bonds is 4. The molecule has 1 aliphatic rings. The van der Waals surface area contributed by atoms with Crippen LogP contribution in [0.5, 0.6) is 0 Å². The van der Waals surface area contributed by atoms with Crippen molar-refractivity contribution >= 4 is 17.4 Å². The van der Waals surface area contributed by atoms with Crippen LogP contribution >= 0.6 is 0 Å². The zero-order chi connectivity index (χ0) is 20.0. The molecule has 148 valence electrons. The van der Waals surface area contributed by atoms with E-state index in [4.69, 9.17) is 14.8 Å². The van der Waals surface area contributed by atoms with E-state index >= 15 is 0 Å². The highest BCUT2D eigenvalue weighted by Gasteiger charge is 2.25. The van der Waals surface area contributed by atoms with Crippen LogP contribution in [0, 0.1) is 0 Å². The number of hydrogen-bond acceptors (Lipinski definition) is 6. The van der Waals surface area contributed by atoms with E-state index in [2.05, 4.69) is 39.8 Å². The van der Waals surface area contributed by atoms with E-state index in [1.54, 1.807) is 18.5 Å². The third-order valence-electron chi connectivity index (χ3n) is 5.31. The van der Waals surface area contributed by atoms with Crippen molar-refractivity contribution in [1.82, 2.24) is 34.6 Å². The Bertz CT molecular complexity index is 1170. The molecule has 4 aromatic heterocycles. The summed E-state index contributed by atoms with van der Waals surface area (Å²) in [5.74, 6) is 1.57. The van der Waals surface area contributed by atoms with E-state index in [9.17, 15) is 0 Å². The van der Waals surface area contributed by atoms with E-state index in [0.717, 1.165) is 40.5 Å². The molecular formula is C20H22N8O. The predicted octanol–water partition coefficient (Wildman–Crippen LogP) is 2.39. The van der Waals surface area contributed by atoms with E-state index in [0.29, 0.717) is 19.0 Å². The van der Waals surface area contributed by atoms with E-state index in [-0.39, 0.29) is 6.04 Å². The minimum Gasteiger partial charge on any atom is -0.377 e. The zero-order valence-electron chi connectivity index (χ0n) is 16.4. The average molecular weight is 390 g/mol. The molecule has 0 spiro atoms. The minimum absolute atomic E-state index is 0.228. The number of nitrogens with one attached hydrogen (secondary N) is 1. The van der Waals surface area contributed by atoms with Gasteiger partial charge in [-0.3, -0.25) is 9.78 Å². The lowest BCUT2D eigenvalue weighted by molar-refractivity contribution is 0.0984. The second-order valence-corrected chi connectivity index (χ2v) is 7.13. The maximum atomic E-state index is 5.62. The van der Waals surface area contributed by atoms with Gasteiger partial charge in [0, 0.05) is 31.5 Å². The van der Waals surface area contributed by atoms with E-state index < -0.39 is 0 Å². The largest absolute Gasteiger partial charge is 0.377 e. The molecule has 1 fully saturated rings. The van der Waals surface area contributed by atoms with Crippen LogP contribution in [0.2, 0.25) is 0 Å². The first kappa shape index (κ1) is 17.6. The van der Waals surface area contributed by atoms with Crippen LogP contribution in [-0.4, -0.2) is 60.4 Å². The van der Waals surface area contributed by atoms with Crippen LogP contribution in [0.4, 0.5) is 5.82 Å². The fourth-order valence-electron chi connectivity index (χ4n) is 3.85. The first-order valence-electron chi connectivity index (χ1n) is 9.56. The predicted molar refractivity (Wildman–Crippen MR) is 110 cm³/mol. The van der Waals surface area contributed by atoms with Gasteiger partial charge in [0.15, 0.2) is 11.6 Å². The monoisotopic (exact) mass is 390 g/mol. The summed E-state index contributed by atoms with van der Waals surface area (Å²) in [6.45, 7) is 8.25. The maximum Gasteiger partial charge on any atom is 0.180 e. The number of ether oxygens (including phenoxy) is 1. The number of aromatic nitrogens is 7. The van der Waals surface area contributed by atoms with Crippen LogP contribution in [0.25, 0.3) is 34.4 Å². The van der Waals surface area contributed by atoms with Crippen molar-refractivity contribution in [3.8, 4) is 22.8 Å². The summed E-state index contributed by atoms with van der Waals surface area (Å²) in [6.07, 6.45) is 5.26. The number of morpholine rings is 1. The molecule has 1 saturated heterocycles. The topological polar surface area (TPSA) is 89.2 Å². The Morgan fingerprint density at radius 2 is 2.21 bits per heavy atom. The summed E-state index contributed by atoms with van der Waals surface area (Å²) in [5, 5.41) is 16.4. The molecule has 5 rings (SSSR count). The molecule has 0 saturated carbocycles. The first-order valence-corrected chi connectivity index (χ1v) is 9.56. The van der Waals surface area contributed by atoms with Crippen LogP contribution in [0.1, 0.15) is 12.6 Å². The minimum atomic E-state index is 0.228. The molecule has 9 nitrogen and oxygen atoms in total. The summed E-state index contributed by atoms with van der Waals surface area (Å²) in [6, 6.07) is 6.22. The lowest BCUT2D eigenvalue weighted by atomic mass is 10.1. The van der Waals surface area contributed by atoms with Crippen molar-refractivity contribution in [2.75, 3.05) is 24.7 Å². The second kappa shape index (κ2) is 6.85. The molecule has 1 aliphatic heterocycles. The summed E-state index contributed by atoms with van der Waals surface area (Å²) < 4.78 is 9.36. The van der Waals surface area contributed by atoms with Gasteiger partial charge in [-0.15, -0.1) is 5.10 Å². The molecule has 1 unspecified atom stereocenters. The van der Waals surface area contributed by atoms with Gasteiger partial charge in [0.05, 0.1) is 30.6 Å². The molecule has 1 atom stereocenters. The Kier molecular flexibility index (Phi) is 4.17. The quantitative estimate of drug-likeness (QED) is 0.576. The first-order chi connectivity index (χ1) is 14.2. The maximum absolute atomic E-state index is 5.62. The van der Waals surface area contributed by atoms with Gasteiger partial charge >= 0.3 is 0 Å². The van der Waals surface area contributed by atoms with Crippen molar-refractivity contribution in [2.24, 2.45) is 7.05 Å². The number of nitrogens with zero attached hydrogens (tertiary/aromatic N) is 7. The Morgan fingerprint density at radius 1 is 1.31 bits per heavy atom. The third-order valence-corrected chi connectivity index (χ3v) is 5.31. The van der Waals surface area contributed by atoms with Crippen molar-refractivity contribution in [2.45, 2.75) is 13.0 Å². The molecule has 5 heterocycles. The number of imidazole rings is 1. The van der Waals surface area contributed by atoms with Gasteiger partial charge in [-0.25, -0.2) is 9.50 Å². The Balaban J connectivity index is 1.83. The van der Waals surface area contributed by atoms with Crippen molar-refractivity contribution in [3.63, 3.8) is 0 Å². The van der Waals surface area contributed by atoms with Crippen molar-refractivity contribution in [3.05, 3.63) is 42.9 Å². The number of hydrogen-bond donors (Lipinski definition) is 1. The van der Waals surface area contributed by atoms with Gasteiger partial charge in [0.25, 0.3) is 0 Å². The summed E-state index contributed by atoms with van der Waals surface area (Å²) in [5.41, 5.74) is 4.43. The van der Waals surface area contributed by atoms with Gasteiger partial charge in [-0.2, -0.15) is 10.2 Å². The smallest absolute Gasteiger partial charge is 0.180 e. The average Bonchev–Trinajstić information content (AvgIpc) is 3.47. The van der Waals surface area contributed by atoms with Crippen molar-refractivity contribution in [1.29, 1.82) is 0 Å². The summed E-state index contributed by atoms with van der Waals surface area (Å²) >= 11 is 0. The molecule has 9 heteroatoms. The number of aryl methyl sites for hydroxylation is 1. The van der Waals surface area contributed by atoms with Gasteiger partial charge < -0.3 is 9.64 Å². The Morgan fingerprint density at radius 3 is 2.90 bits per heavy atom.